The molecular weight excluding hydrogens is 222 g/mol. The average molecular weight is 234 g/mol. The van der Waals surface area contributed by atoms with E-state index in [1.165, 1.54) is 0 Å². The second-order valence-corrected chi connectivity index (χ2v) is 6.82. The van der Waals surface area contributed by atoms with Gasteiger partial charge in [0.2, 0.25) is 0 Å². The fourth-order valence-corrected chi connectivity index (χ4v) is 3.55. The molecule has 0 rings (SSSR count). The van der Waals surface area contributed by atoms with Crippen molar-refractivity contribution in [1.82, 2.24) is 0 Å². The Hall–Kier alpha value is 0.260. The number of aliphatic hydroxyl groups is 1. The molecule has 0 radical (unpaired) electrons. The molecule has 0 fully saturated rings. The maximum Gasteiger partial charge on any atom is 0.369 e. The summed E-state index contributed by atoms with van der Waals surface area (Å²) in [5.74, 6) is -1.26. The monoisotopic (exact) mass is 234 g/mol. The summed E-state index contributed by atoms with van der Waals surface area (Å²) in [6.07, 6.45) is 0. The molecule has 13 heavy (non-hydrogen) atoms. The van der Waals surface area contributed by atoms with Gasteiger partial charge in [0.05, 0.1) is 0 Å². The van der Waals surface area contributed by atoms with Crippen LogP contribution in [-0.4, -0.2) is 29.8 Å². The maximum absolute atomic E-state index is 10.7. The zero-order valence-electron chi connectivity index (χ0n) is 7.02. The Morgan fingerprint density at radius 1 is 1.00 bits per heavy atom. The van der Waals surface area contributed by atoms with Gasteiger partial charge < -0.3 is 24.7 Å². The highest BCUT2D eigenvalue weighted by molar-refractivity contribution is 7.72. The smallest absolute Gasteiger partial charge is 0.367 e. The molecular formula is C4H12O7P2. The van der Waals surface area contributed by atoms with Crippen LogP contribution in [0.25, 0.3) is 0 Å². The van der Waals surface area contributed by atoms with Crippen molar-refractivity contribution < 1.29 is 33.8 Å². The van der Waals surface area contributed by atoms with Gasteiger partial charge >= 0.3 is 15.2 Å². The first-order valence-corrected chi connectivity index (χ1v) is 6.50. The van der Waals surface area contributed by atoms with E-state index in [9.17, 15) is 14.2 Å². The molecule has 0 saturated carbocycles. The van der Waals surface area contributed by atoms with E-state index in [0.717, 1.165) is 13.8 Å². The van der Waals surface area contributed by atoms with Crippen molar-refractivity contribution in [3.63, 3.8) is 0 Å². The molecule has 0 amide bonds. The second kappa shape index (κ2) is 3.44. The third-order valence-electron chi connectivity index (χ3n) is 1.63. The summed E-state index contributed by atoms with van der Waals surface area (Å²) < 4.78 is 21.4. The van der Waals surface area contributed by atoms with E-state index in [0.29, 0.717) is 0 Å². The largest absolute Gasteiger partial charge is 0.369 e. The third-order valence-corrected chi connectivity index (χ3v) is 5.94. The van der Waals surface area contributed by atoms with Gasteiger partial charge in [-0.1, -0.05) is 13.8 Å². The molecule has 0 aliphatic carbocycles. The fraction of sp³-hybridized carbons (Fsp3) is 1.00. The minimum absolute atomic E-state index is 1.11. The predicted octanol–water partition coefficient (Wildman–Crippen LogP) is -0.356. The molecule has 5 N–H and O–H groups in total. The normalized spacial score (nSPS) is 15.1. The predicted molar refractivity (Wildman–Crippen MR) is 43.9 cm³/mol. The van der Waals surface area contributed by atoms with Gasteiger partial charge in [0, 0.05) is 5.92 Å². The molecule has 0 aromatic carbocycles. The van der Waals surface area contributed by atoms with Crippen LogP contribution in [0.5, 0.6) is 0 Å². The van der Waals surface area contributed by atoms with Gasteiger partial charge in [0.15, 0.2) is 0 Å². The first-order chi connectivity index (χ1) is 5.44. The Morgan fingerprint density at radius 2 is 1.23 bits per heavy atom. The zero-order chi connectivity index (χ0) is 11.1. The summed E-state index contributed by atoms with van der Waals surface area (Å²) in [5, 5.41) is 5.94. The Balaban J connectivity index is 5.50. The molecule has 0 aromatic rings. The van der Waals surface area contributed by atoms with Crippen molar-refractivity contribution in [3.05, 3.63) is 0 Å². The van der Waals surface area contributed by atoms with Crippen molar-refractivity contribution in [1.29, 1.82) is 0 Å². The van der Waals surface area contributed by atoms with E-state index in [-0.39, 0.29) is 0 Å². The first kappa shape index (κ1) is 13.3. The minimum Gasteiger partial charge on any atom is -0.367 e. The van der Waals surface area contributed by atoms with Gasteiger partial charge in [-0.25, -0.2) is 0 Å². The maximum atomic E-state index is 10.7. The number of hydrogen-bond donors (Lipinski definition) is 5. The lowest BCUT2D eigenvalue weighted by Crippen LogP contribution is -2.34. The molecule has 7 nitrogen and oxygen atoms in total. The van der Waals surface area contributed by atoms with Crippen LogP contribution in [0.3, 0.4) is 0 Å². The molecule has 9 heteroatoms. The molecule has 0 aliphatic rings. The van der Waals surface area contributed by atoms with Crippen molar-refractivity contribution >= 4 is 15.2 Å². The van der Waals surface area contributed by atoms with Gasteiger partial charge in [0.25, 0.3) is 5.08 Å². The Kier molecular flexibility index (Phi) is 3.51. The third kappa shape index (κ3) is 2.19. The van der Waals surface area contributed by atoms with E-state index in [2.05, 4.69) is 0 Å². The number of rotatable bonds is 3. The summed E-state index contributed by atoms with van der Waals surface area (Å²) in [6.45, 7) is 2.22. The van der Waals surface area contributed by atoms with Crippen molar-refractivity contribution in [2.24, 2.45) is 5.92 Å². The van der Waals surface area contributed by atoms with E-state index in [4.69, 9.17) is 19.6 Å². The Morgan fingerprint density at radius 3 is 1.23 bits per heavy atom. The van der Waals surface area contributed by atoms with Crippen LogP contribution in [0.15, 0.2) is 0 Å². The second-order valence-electron chi connectivity index (χ2n) is 2.93. The highest BCUT2D eigenvalue weighted by atomic mass is 31.2. The summed E-state index contributed by atoms with van der Waals surface area (Å²) in [7, 11) is -10.5. The zero-order valence-corrected chi connectivity index (χ0v) is 8.81. The standard InChI is InChI=1S/C4H12O7P2/c1-3(2)4(5,12(6,7)8)13(9,10)11/h3,5H,1-2H3,(H2,6,7,8)(H2,9,10,11). The Bertz CT molecular complexity index is 250. The van der Waals surface area contributed by atoms with Crippen molar-refractivity contribution in [3.8, 4) is 0 Å². The quantitative estimate of drug-likeness (QED) is 0.421. The molecule has 80 valence electrons. The lowest BCUT2D eigenvalue weighted by Gasteiger charge is -2.32. The topological polar surface area (TPSA) is 135 Å². The molecule has 0 unspecified atom stereocenters. The van der Waals surface area contributed by atoms with Gasteiger partial charge in [-0.2, -0.15) is 0 Å². The van der Waals surface area contributed by atoms with E-state index in [1.807, 2.05) is 0 Å². The lowest BCUT2D eigenvalue weighted by atomic mass is 10.2. The van der Waals surface area contributed by atoms with Crippen molar-refractivity contribution in [2.75, 3.05) is 0 Å². The highest BCUT2D eigenvalue weighted by Gasteiger charge is 2.61. The van der Waals surface area contributed by atoms with Crippen LogP contribution in [0.2, 0.25) is 0 Å². The van der Waals surface area contributed by atoms with Crippen LogP contribution in [-0.2, 0) is 9.13 Å². The van der Waals surface area contributed by atoms with Crippen LogP contribution < -0.4 is 0 Å². The molecule has 0 spiro atoms. The van der Waals surface area contributed by atoms with E-state index >= 15 is 0 Å². The summed E-state index contributed by atoms with van der Waals surface area (Å²) >= 11 is 0. The first-order valence-electron chi connectivity index (χ1n) is 3.28. The molecule has 0 bridgehead atoms. The van der Waals surface area contributed by atoms with E-state index in [1.54, 1.807) is 0 Å². The van der Waals surface area contributed by atoms with Crippen LogP contribution in [0.1, 0.15) is 13.8 Å². The molecule has 0 aromatic heterocycles. The average Bonchev–Trinajstić information content (AvgIpc) is 1.80. The van der Waals surface area contributed by atoms with Gasteiger partial charge in [-0.3, -0.25) is 9.13 Å². The molecule has 0 aliphatic heterocycles. The molecule has 0 atom stereocenters. The van der Waals surface area contributed by atoms with Gasteiger partial charge in [-0.05, 0) is 0 Å². The summed E-state index contributed by atoms with van der Waals surface area (Å²) in [5.41, 5.74) is 0. The van der Waals surface area contributed by atoms with Crippen LogP contribution in [0.4, 0.5) is 0 Å². The Labute approximate surface area is 74.7 Å². The van der Waals surface area contributed by atoms with Crippen molar-refractivity contribution in [2.45, 2.75) is 18.9 Å². The minimum atomic E-state index is -5.27. The van der Waals surface area contributed by atoms with Crippen LogP contribution >= 0.6 is 15.2 Å². The molecule has 0 saturated heterocycles. The summed E-state index contributed by atoms with van der Waals surface area (Å²) in [6, 6.07) is 0. The SMILES string of the molecule is CC(C)C(O)(P(=O)(O)O)P(=O)(O)O. The van der Waals surface area contributed by atoms with Gasteiger partial charge in [0.1, 0.15) is 0 Å². The van der Waals surface area contributed by atoms with Crippen LogP contribution in [0, 0.1) is 5.92 Å². The van der Waals surface area contributed by atoms with E-state index < -0.39 is 26.2 Å². The summed E-state index contributed by atoms with van der Waals surface area (Å²) in [4.78, 5) is 34.4. The number of hydrogen-bond acceptors (Lipinski definition) is 3. The molecule has 0 heterocycles. The van der Waals surface area contributed by atoms with Gasteiger partial charge in [-0.15, -0.1) is 0 Å². The highest BCUT2D eigenvalue weighted by Crippen LogP contribution is 2.70. The lowest BCUT2D eigenvalue weighted by molar-refractivity contribution is 0.0922. The fourth-order valence-electron chi connectivity index (χ4n) is 0.842.